The summed E-state index contributed by atoms with van der Waals surface area (Å²) in [6.45, 7) is -2.19. The summed E-state index contributed by atoms with van der Waals surface area (Å²) in [5, 5.41) is 3.02. The molecule has 0 aliphatic carbocycles. The largest absolute Gasteiger partial charge is 0.468 e. The minimum atomic E-state index is -2.88. The normalized spacial score (nSPS) is 12.2. The van der Waals surface area contributed by atoms with Gasteiger partial charge in [-0.3, -0.25) is 9.69 Å². The van der Waals surface area contributed by atoms with Gasteiger partial charge in [-0.25, -0.2) is 0 Å². The zero-order valence-corrected chi connectivity index (χ0v) is 15.9. The topological polar surface area (TPSA) is 54.7 Å². The number of halogens is 2. The third-order valence-corrected chi connectivity index (χ3v) is 4.30. The summed E-state index contributed by atoms with van der Waals surface area (Å²) in [5.41, 5.74) is 1.65. The van der Waals surface area contributed by atoms with Crippen molar-refractivity contribution in [2.45, 2.75) is 19.2 Å². The number of rotatable bonds is 9. The zero-order valence-electron chi connectivity index (χ0n) is 15.9. The molecule has 1 aromatic heterocycles. The van der Waals surface area contributed by atoms with E-state index in [0.29, 0.717) is 6.54 Å². The smallest absolute Gasteiger partial charge is 0.387 e. The fourth-order valence-electron chi connectivity index (χ4n) is 3.02. The second kappa shape index (κ2) is 9.84. The Labute approximate surface area is 167 Å². The van der Waals surface area contributed by atoms with Crippen molar-refractivity contribution in [2.24, 2.45) is 0 Å². The van der Waals surface area contributed by atoms with E-state index in [1.165, 1.54) is 12.1 Å². The minimum Gasteiger partial charge on any atom is -0.468 e. The van der Waals surface area contributed by atoms with Gasteiger partial charge in [0, 0.05) is 0 Å². The minimum absolute atomic E-state index is 0.0695. The van der Waals surface area contributed by atoms with Crippen molar-refractivity contribution in [1.82, 2.24) is 10.2 Å². The summed E-state index contributed by atoms with van der Waals surface area (Å²) >= 11 is 0. The van der Waals surface area contributed by atoms with Gasteiger partial charge < -0.3 is 14.5 Å². The molecule has 0 unspecified atom stereocenters. The molecule has 1 N–H and O–H groups in total. The quantitative estimate of drug-likeness (QED) is 0.584. The van der Waals surface area contributed by atoms with Gasteiger partial charge in [-0.05, 0) is 42.4 Å². The van der Waals surface area contributed by atoms with Crippen molar-refractivity contribution in [3.63, 3.8) is 0 Å². The van der Waals surface area contributed by atoms with Gasteiger partial charge in [0.15, 0.2) is 0 Å². The molecular formula is C22H22F2N2O3. The van der Waals surface area contributed by atoms with Gasteiger partial charge in [-0.1, -0.05) is 42.5 Å². The van der Waals surface area contributed by atoms with E-state index in [9.17, 15) is 13.6 Å². The monoisotopic (exact) mass is 400 g/mol. The van der Waals surface area contributed by atoms with E-state index in [1.807, 2.05) is 48.3 Å². The Morgan fingerprint density at radius 3 is 2.34 bits per heavy atom. The van der Waals surface area contributed by atoms with Crippen LogP contribution in [0.2, 0.25) is 0 Å². The fraction of sp³-hybridized carbons (Fsp3) is 0.227. The molecule has 7 heteroatoms. The molecule has 0 fully saturated rings. The highest BCUT2D eigenvalue weighted by atomic mass is 19.3. The number of furan rings is 1. The van der Waals surface area contributed by atoms with E-state index in [0.717, 1.165) is 16.9 Å². The van der Waals surface area contributed by atoms with Gasteiger partial charge in [0.25, 0.3) is 0 Å². The Kier molecular flexibility index (Phi) is 6.97. The van der Waals surface area contributed by atoms with Crippen molar-refractivity contribution in [2.75, 3.05) is 13.6 Å². The molecular weight excluding hydrogens is 378 g/mol. The van der Waals surface area contributed by atoms with Crippen molar-refractivity contribution in [3.8, 4) is 5.75 Å². The third-order valence-electron chi connectivity index (χ3n) is 4.30. The first-order valence-electron chi connectivity index (χ1n) is 9.11. The van der Waals surface area contributed by atoms with Crippen LogP contribution in [0.1, 0.15) is 22.9 Å². The Bertz CT molecular complexity index is 884. The number of nitrogens with zero attached hydrogens (tertiary/aromatic N) is 1. The average Bonchev–Trinajstić information content (AvgIpc) is 3.20. The highest BCUT2D eigenvalue weighted by Crippen LogP contribution is 2.25. The predicted molar refractivity (Wildman–Crippen MR) is 105 cm³/mol. The zero-order chi connectivity index (χ0) is 20.6. The number of hydrogen-bond acceptors (Lipinski definition) is 4. The summed E-state index contributed by atoms with van der Waals surface area (Å²) in [6, 6.07) is 19.0. The molecule has 1 heterocycles. The number of hydrogen-bond donors (Lipinski definition) is 1. The lowest BCUT2D eigenvalue weighted by atomic mass is 9.98. The van der Waals surface area contributed by atoms with E-state index in [2.05, 4.69) is 10.1 Å². The number of carbonyl (C=O) groups excluding carboxylic acids is 1. The number of likely N-dealkylation sites (N-methyl/N-ethyl adjacent to an activating group) is 1. The maximum Gasteiger partial charge on any atom is 0.387 e. The lowest BCUT2D eigenvalue weighted by Gasteiger charge is -2.22. The average molecular weight is 400 g/mol. The van der Waals surface area contributed by atoms with Crippen LogP contribution in [0.3, 0.4) is 0 Å². The molecule has 1 amide bonds. The molecule has 0 saturated carbocycles. The van der Waals surface area contributed by atoms with Gasteiger partial charge in [0.2, 0.25) is 5.91 Å². The summed E-state index contributed by atoms with van der Waals surface area (Å²) in [7, 11) is 1.83. The Hall–Kier alpha value is -3.19. The van der Waals surface area contributed by atoms with Gasteiger partial charge in [0.05, 0.1) is 25.4 Å². The second-order valence-corrected chi connectivity index (χ2v) is 6.61. The maximum atomic E-state index is 12.6. The number of nitrogens with one attached hydrogen (secondary N) is 1. The van der Waals surface area contributed by atoms with Crippen LogP contribution in [-0.4, -0.2) is 31.0 Å². The van der Waals surface area contributed by atoms with Gasteiger partial charge in [0.1, 0.15) is 11.5 Å². The van der Waals surface area contributed by atoms with E-state index in [1.54, 1.807) is 24.5 Å². The van der Waals surface area contributed by atoms with Crippen LogP contribution in [0.25, 0.3) is 0 Å². The van der Waals surface area contributed by atoms with Crippen LogP contribution < -0.4 is 10.1 Å². The lowest BCUT2D eigenvalue weighted by Crippen LogP contribution is -2.37. The molecule has 0 spiro atoms. The molecule has 3 aromatic rings. The number of benzene rings is 2. The molecule has 3 rings (SSSR count). The summed E-state index contributed by atoms with van der Waals surface area (Å²) < 4.78 is 34.5. The van der Waals surface area contributed by atoms with Gasteiger partial charge >= 0.3 is 6.61 Å². The lowest BCUT2D eigenvalue weighted by molar-refractivity contribution is -0.122. The second-order valence-electron chi connectivity index (χ2n) is 6.61. The first kappa shape index (κ1) is 20.5. The van der Waals surface area contributed by atoms with Gasteiger partial charge in [-0.15, -0.1) is 0 Å². The van der Waals surface area contributed by atoms with Crippen molar-refractivity contribution in [3.05, 3.63) is 89.9 Å². The Morgan fingerprint density at radius 1 is 1.03 bits per heavy atom. The standard InChI is InChI=1S/C22H22F2N2O3/c1-26(14-19-8-5-13-28-19)15-20(27)25-21(16-6-3-2-4-7-16)17-9-11-18(12-10-17)29-22(23)24/h2-13,21-22H,14-15H2,1H3,(H,25,27)/t21-/m1/s1. The van der Waals surface area contributed by atoms with E-state index in [-0.39, 0.29) is 18.2 Å². The van der Waals surface area contributed by atoms with Crippen molar-refractivity contribution >= 4 is 5.91 Å². The van der Waals surface area contributed by atoms with Crippen LogP contribution in [0.5, 0.6) is 5.75 Å². The third kappa shape index (κ3) is 6.15. The predicted octanol–water partition coefficient (Wildman–Crippen LogP) is 4.22. The molecule has 0 aliphatic rings. The van der Waals surface area contributed by atoms with E-state index in [4.69, 9.17) is 4.42 Å². The highest BCUT2D eigenvalue weighted by Gasteiger charge is 2.18. The molecule has 0 bridgehead atoms. The maximum absolute atomic E-state index is 12.6. The molecule has 2 aromatic carbocycles. The fourth-order valence-corrected chi connectivity index (χ4v) is 3.02. The molecule has 0 saturated heterocycles. The van der Waals surface area contributed by atoms with E-state index < -0.39 is 12.7 Å². The molecule has 0 radical (unpaired) electrons. The van der Waals surface area contributed by atoms with Crippen LogP contribution >= 0.6 is 0 Å². The molecule has 29 heavy (non-hydrogen) atoms. The number of ether oxygens (including phenoxy) is 1. The van der Waals surface area contributed by atoms with Crippen LogP contribution in [0, 0.1) is 0 Å². The number of alkyl halides is 2. The van der Waals surface area contributed by atoms with E-state index >= 15 is 0 Å². The van der Waals surface area contributed by atoms with Crippen LogP contribution in [0.15, 0.2) is 77.4 Å². The number of amides is 1. The SMILES string of the molecule is CN(CC(=O)N[C@H](c1ccccc1)c1ccc(OC(F)F)cc1)Cc1ccco1. The Balaban J connectivity index is 1.71. The molecule has 152 valence electrons. The van der Waals surface area contributed by atoms with Crippen LogP contribution in [-0.2, 0) is 11.3 Å². The first-order chi connectivity index (χ1) is 14.0. The first-order valence-corrected chi connectivity index (χ1v) is 9.11. The summed E-state index contributed by atoms with van der Waals surface area (Å²) in [6.07, 6.45) is 1.59. The molecule has 5 nitrogen and oxygen atoms in total. The summed E-state index contributed by atoms with van der Waals surface area (Å²) in [5.74, 6) is 0.676. The van der Waals surface area contributed by atoms with Crippen molar-refractivity contribution in [1.29, 1.82) is 0 Å². The van der Waals surface area contributed by atoms with Crippen molar-refractivity contribution < 1.29 is 22.7 Å². The molecule has 0 aliphatic heterocycles. The molecule has 1 atom stereocenters. The Morgan fingerprint density at radius 2 is 1.72 bits per heavy atom. The van der Waals surface area contributed by atoms with Gasteiger partial charge in [-0.2, -0.15) is 8.78 Å². The van der Waals surface area contributed by atoms with Crippen LogP contribution in [0.4, 0.5) is 8.78 Å². The summed E-state index contributed by atoms with van der Waals surface area (Å²) in [4.78, 5) is 14.5. The highest BCUT2D eigenvalue weighted by molar-refractivity contribution is 5.79. The number of carbonyl (C=O) groups is 1.